The molecule has 1 fully saturated rings. The third kappa shape index (κ3) is 11.7. The molecule has 344 valence electrons. The fourth-order valence-corrected chi connectivity index (χ4v) is 8.65. The van der Waals surface area contributed by atoms with E-state index in [-0.39, 0.29) is 22.9 Å². The van der Waals surface area contributed by atoms with Crippen molar-refractivity contribution in [3.8, 4) is 5.75 Å². The van der Waals surface area contributed by atoms with E-state index in [1.807, 2.05) is 0 Å². The number of aliphatic hydroxyl groups excluding tert-OH is 3. The smallest absolute Gasteiger partial charge is 0.305 e. The number of nitrogens with one attached hydrogen (secondary N) is 8. The Labute approximate surface area is 364 Å². The van der Waals surface area contributed by atoms with Crippen molar-refractivity contribution in [1.29, 1.82) is 0 Å². The highest BCUT2D eigenvalue weighted by Crippen LogP contribution is 2.33. The van der Waals surface area contributed by atoms with Crippen LogP contribution in [0.5, 0.6) is 5.75 Å². The van der Waals surface area contributed by atoms with Gasteiger partial charge in [0.2, 0.25) is 47.3 Å². The van der Waals surface area contributed by atoms with Crippen LogP contribution in [0.15, 0.2) is 23.2 Å². The number of aromatic amines is 1. The van der Waals surface area contributed by atoms with E-state index in [0.29, 0.717) is 22.9 Å². The summed E-state index contributed by atoms with van der Waals surface area (Å²) in [5.41, 5.74) is 0.660. The van der Waals surface area contributed by atoms with E-state index in [9.17, 15) is 68.7 Å². The molecular formula is C39H53N9O14S. The molecule has 0 spiro atoms. The Hall–Kier alpha value is -5.98. The number of aromatic hydroxyl groups is 1. The van der Waals surface area contributed by atoms with Crippen LogP contribution in [0, 0.1) is 11.8 Å². The van der Waals surface area contributed by atoms with Crippen LogP contribution in [-0.4, -0.2) is 169 Å². The summed E-state index contributed by atoms with van der Waals surface area (Å²) in [4.78, 5) is 127. The Bertz CT molecular complexity index is 2120. The molecule has 1 saturated heterocycles. The zero-order valence-corrected chi connectivity index (χ0v) is 35.5. The Kier molecular flexibility index (Phi) is 16.0. The van der Waals surface area contributed by atoms with E-state index in [1.54, 1.807) is 13.8 Å². The Balaban J connectivity index is 1.70. The largest absolute Gasteiger partial charge is 0.508 e. The van der Waals surface area contributed by atoms with E-state index >= 15 is 0 Å². The minimum atomic E-state index is -1.87. The molecule has 3 unspecified atom stereocenters. The number of H-pyrrole nitrogens is 1. The number of carbonyl (C=O) groups excluding carboxylic acids is 8. The van der Waals surface area contributed by atoms with Crippen molar-refractivity contribution in [1.82, 2.24) is 47.1 Å². The number of phenols is 1. The lowest BCUT2D eigenvalue weighted by Gasteiger charge is -2.32. The molecule has 24 heteroatoms. The van der Waals surface area contributed by atoms with Gasteiger partial charge in [-0.2, -0.15) is 0 Å². The lowest BCUT2D eigenvalue weighted by atomic mass is 9.93. The fraction of sp³-hybridized carbons (Fsp3) is 0.564. The molecule has 10 atom stereocenters. The minimum absolute atomic E-state index is 0.157. The van der Waals surface area contributed by atoms with Crippen LogP contribution < -0.4 is 37.2 Å². The van der Waals surface area contributed by atoms with Crippen molar-refractivity contribution in [2.45, 2.75) is 99.9 Å². The average Bonchev–Trinajstić information content (AvgIpc) is 3.80. The molecule has 8 amide bonds. The van der Waals surface area contributed by atoms with Gasteiger partial charge in [0.25, 0.3) is 0 Å². The van der Waals surface area contributed by atoms with Crippen molar-refractivity contribution in [2.75, 3.05) is 32.0 Å². The van der Waals surface area contributed by atoms with Crippen LogP contribution in [-0.2, 0) is 49.6 Å². The number of thioether (sulfide) groups is 1. The maximum absolute atomic E-state index is 14.4. The van der Waals surface area contributed by atoms with Crippen molar-refractivity contribution in [3.05, 3.63) is 23.8 Å². The standard InChI is InChI=1S/C39H53N9O14S/c1-4-16(2)31-36(60)41-11-28(53)42-25-15-63-38-21(20-6-5-18(50)7-22(20)45-38)9-23(33(57)40-12-29(54)46-31)43-37(61)32(17(3)27(52)14-49)47-35(59)26-8-19(51)13-48(26)39(62)24(10-30(55)56)44-34(25)58/h5-7,16-17,19,23-27,31-32,45,49-52H,4,8-15H2,1-3H3,(H,40,57)(H,41,60)(H,42,53)(H,43,61)(H,44,58)(H,46,54)(H,47,59)(H,55,56)/t16-,17-,19?,23?,24-,25?,26-,27-,31-,32-/m0/s1. The number of nitrogens with zero attached hydrogens (tertiary/aromatic N) is 1. The van der Waals surface area contributed by atoms with Gasteiger partial charge >= 0.3 is 5.97 Å². The molecule has 2 bridgehead atoms. The highest BCUT2D eigenvalue weighted by Gasteiger charge is 2.45. The van der Waals surface area contributed by atoms with Gasteiger partial charge in [0.1, 0.15) is 42.0 Å². The Morgan fingerprint density at radius 1 is 0.857 bits per heavy atom. The lowest BCUT2D eigenvalue weighted by Crippen LogP contribution is -2.62. The topological polar surface area (TPSA) is 358 Å². The van der Waals surface area contributed by atoms with E-state index in [1.165, 1.54) is 25.1 Å². The van der Waals surface area contributed by atoms with Gasteiger partial charge < -0.3 is 72.6 Å². The number of aliphatic hydroxyl groups is 3. The number of hydrogen-bond donors (Lipinski definition) is 13. The summed E-state index contributed by atoms with van der Waals surface area (Å²) >= 11 is 0.924. The van der Waals surface area contributed by atoms with E-state index in [2.05, 4.69) is 42.2 Å². The summed E-state index contributed by atoms with van der Waals surface area (Å²) < 4.78 is 0. The third-order valence-electron chi connectivity index (χ3n) is 11.4. The third-order valence-corrected chi connectivity index (χ3v) is 12.5. The SMILES string of the molecule is CC[C@H](C)[C@@H]1NC(=O)CNC(=O)C2Cc3c([nH]c4cc(O)ccc34)SCC(NC(=O)CNC1=O)C(=O)N[C@@H](CC(=O)O)C(=O)N1CC(O)C[C@H]1C(=O)N[C@@H]([C@@H](C)[C@@H](O)CO)C(=O)N2. The number of phenolic OH excluding ortho intramolecular Hbond substituents is 1. The number of carbonyl (C=O) groups is 9. The summed E-state index contributed by atoms with van der Waals surface area (Å²) in [5, 5.41) is 69.4. The second-order valence-electron chi connectivity index (χ2n) is 15.9. The summed E-state index contributed by atoms with van der Waals surface area (Å²) in [7, 11) is 0. The first kappa shape index (κ1) is 48.1. The van der Waals surface area contributed by atoms with E-state index in [4.69, 9.17) is 0 Å². The van der Waals surface area contributed by atoms with Crippen molar-refractivity contribution in [2.24, 2.45) is 11.8 Å². The predicted molar refractivity (Wildman–Crippen MR) is 220 cm³/mol. The zero-order valence-electron chi connectivity index (χ0n) is 34.6. The predicted octanol–water partition coefficient (Wildman–Crippen LogP) is -4.34. The highest BCUT2D eigenvalue weighted by molar-refractivity contribution is 7.99. The maximum atomic E-state index is 14.4. The molecule has 3 aliphatic heterocycles. The second kappa shape index (κ2) is 20.9. The summed E-state index contributed by atoms with van der Waals surface area (Å²) in [6, 6.07) is -5.29. The number of hydrogen-bond acceptors (Lipinski definition) is 14. The quantitative estimate of drug-likeness (QED) is 0.125. The molecule has 0 radical (unpaired) electrons. The van der Waals surface area contributed by atoms with Crippen LogP contribution in [0.1, 0.15) is 45.6 Å². The van der Waals surface area contributed by atoms with Crippen molar-refractivity contribution < 1.29 is 68.7 Å². The molecule has 4 heterocycles. The molecule has 1 aromatic carbocycles. The number of aliphatic carboxylic acids is 1. The summed E-state index contributed by atoms with van der Waals surface area (Å²) in [5.74, 6) is -11.5. The van der Waals surface area contributed by atoms with E-state index in [0.717, 1.165) is 16.7 Å². The molecule has 13 N–H and O–H groups in total. The number of amides is 8. The molecular weight excluding hydrogens is 851 g/mol. The fourth-order valence-electron chi connectivity index (χ4n) is 7.54. The molecule has 0 saturated carbocycles. The molecule has 2 aromatic rings. The molecule has 23 nitrogen and oxygen atoms in total. The maximum Gasteiger partial charge on any atom is 0.305 e. The van der Waals surface area contributed by atoms with Gasteiger partial charge in [-0.1, -0.05) is 27.2 Å². The van der Waals surface area contributed by atoms with Crippen molar-refractivity contribution >= 4 is 75.9 Å². The van der Waals surface area contributed by atoms with Gasteiger partial charge in [0, 0.05) is 42.5 Å². The van der Waals surface area contributed by atoms with Gasteiger partial charge in [-0.3, -0.25) is 43.2 Å². The monoisotopic (exact) mass is 903 g/mol. The number of carboxylic acid groups (broad SMARTS) is 1. The second-order valence-corrected chi connectivity index (χ2v) is 16.9. The van der Waals surface area contributed by atoms with Crippen LogP contribution in [0.3, 0.4) is 0 Å². The van der Waals surface area contributed by atoms with Crippen LogP contribution >= 0.6 is 11.8 Å². The molecule has 63 heavy (non-hydrogen) atoms. The zero-order chi connectivity index (χ0) is 46.3. The first-order valence-electron chi connectivity index (χ1n) is 20.3. The molecule has 5 rings (SSSR count). The van der Waals surface area contributed by atoms with Crippen molar-refractivity contribution in [3.63, 3.8) is 0 Å². The number of rotatable bonds is 7. The number of benzene rings is 1. The normalized spacial score (nSPS) is 27.6. The molecule has 1 aromatic heterocycles. The Morgan fingerprint density at radius 2 is 1.54 bits per heavy atom. The van der Waals surface area contributed by atoms with Gasteiger partial charge in [0.05, 0.1) is 48.9 Å². The van der Waals surface area contributed by atoms with Gasteiger partial charge in [-0.25, -0.2) is 0 Å². The number of aromatic nitrogens is 1. The van der Waals surface area contributed by atoms with Crippen LogP contribution in [0.25, 0.3) is 10.9 Å². The first-order chi connectivity index (χ1) is 29.8. The summed E-state index contributed by atoms with van der Waals surface area (Å²) in [6.45, 7) is 1.97. The lowest BCUT2D eigenvalue weighted by molar-refractivity contribution is -0.146. The Morgan fingerprint density at radius 3 is 2.21 bits per heavy atom. The van der Waals surface area contributed by atoms with Gasteiger partial charge in [-0.05, 0) is 23.6 Å². The van der Waals surface area contributed by atoms with Crippen LogP contribution in [0.4, 0.5) is 0 Å². The van der Waals surface area contributed by atoms with E-state index < -0.39 is 153 Å². The molecule has 0 aliphatic carbocycles. The van der Waals surface area contributed by atoms with Gasteiger partial charge in [-0.15, -0.1) is 11.8 Å². The van der Waals surface area contributed by atoms with Crippen LogP contribution in [0.2, 0.25) is 0 Å². The average molecular weight is 904 g/mol. The highest BCUT2D eigenvalue weighted by atomic mass is 32.2. The minimum Gasteiger partial charge on any atom is -0.508 e. The van der Waals surface area contributed by atoms with Gasteiger partial charge in [0.15, 0.2) is 0 Å². The number of carboxylic acids is 1. The summed E-state index contributed by atoms with van der Waals surface area (Å²) in [6.07, 6.45) is -4.34. The number of fused-ring (bicyclic) bond motifs is 5. The molecule has 3 aliphatic rings. The first-order valence-corrected chi connectivity index (χ1v) is 21.3.